The number of benzene rings is 2. The van der Waals surface area contributed by atoms with Crippen molar-refractivity contribution in [2.75, 3.05) is 5.32 Å². The van der Waals surface area contributed by atoms with E-state index in [1.54, 1.807) is 18.2 Å². The van der Waals surface area contributed by atoms with Gasteiger partial charge in [0.1, 0.15) is 11.5 Å². The van der Waals surface area contributed by atoms with E-state index in [1.807, 2.05) is 0 Å². The van der Waals surface area contributed by atoms with E-state index in [0.717, 1.165) is 17.7 Å². The number of nitrogens with one attached hydrogen (secondary N) is 1. The van der Waals surface area contributed by atoms with E-state index in [2.05, 4.69) is 5.32 Å². The van der Waals surface area contributed by atoms with E-state index in [4.69, 9.17) is 16.3 Å². The molecule has 0 saturated carbocycles. The molecule has 1 aliphatic rings. The van der Waals surface area contributed by atoms with Crippen molar-refractivity contribution in [3.05, 3.63) is 52.5 Å². The molecule has 0 radical (unpaired) electrons. The minimum atomic E-state index is -4.46. The Hall–Kier alpha value is -2.21. The molecule has 1 N–H and O–H groups in total. The van der Waals surface area contributed by atoms with Crippen LogP contribution in [0.4, 0.5) is 18.9 Å². The highest BCUT2D eigenvalue weighted by molar-refractivity contribution is 6.32. The molecule has 0 aromatic heterocycles. The van der Waals surface area contributed by atoms with Gasteiger partial charge in [-0.05, 0) is 42.0 Å². The Morgan fingerprint density at radius 3 is 2.59 bits per heavy atom. The number of carbonyl (C=O) groups excluding carboxylic acids is 1. The molecule has 1 amide bonds. The molecule has 114 valence electrons. The summed E-state index contributed by atoms with van der Waals surface area (Å²) >= 11 is 5.83. The first-order valence-electron chi connectivity index (χ1n) is 6.30. The zero-order chi connectivity index (χ0) is 15.9. The number of alkyl halides is 3. The maximum Gasteiger partial charge on any atom is 0.416 e. The molecule has 2 aromatic rings. The molecule has 0 atom stereocenters. The lowest BCUT2D eigenvalue weighted by atomic mass is 10.1. The van der Waals surface area contributed by atoms with E-state index in [9.17, 15) is 18.0 Å². The molecule has 7 heteroatoms. The number of hydrogen-bond donors (Lipinski definition) is 1. The quantitative estimate of drug-likeness (QED) is 0.872. The van der Waals surface area contributed by atoms with Crippen LogP contribution >= 0.6 is 11.6 Å². The lowest BCUT2D eigenvalue weighted by Crippen LogP contribution is -2.04. The van der Waals surface area contributed by atoms with Gasteiger partial charge < -0.3 is 10.1 Å². The first-order chi connectivity index (χ1) is 10.3. The van der Waals surface area contributed by atoms with Crippen LogP contribution in [-0.2, 0) is 17.4 Å². The summed E-state index contributed by atoms with van der Waals surface area (Å²) in [5, 5.41) is 2.54. The number of rotatable bonds is 2. The minimum Gasteiger partial charge on any atom is -0.456 e. The van der Waals surface area contributed by atoms with Gasteiger partial charge in [-0.1, -0.05) is 11.6 Å². The van der Waals surface area contributed by atoms with Crippen LogP contribution in [0.5, 0.6) is 11.5 Å². The molecule has 1 aliphatic heterocycles. The van der Waals surface area contributed by atoms with E-state index in [0.29, 0.717) is 11.4 Å². The highest BCUT2D eigenvalue weighted by Crippen LogP contribution is 2.37. The lowest BCUT2D eigenvalue weighted by Gasteiger charge is -2.11. The van der Waals surface area contributed by atoms with Crippen molar-refractivity contribution < 1.29 is 22.7 Å². The summed E-state index contributed by atoms with van der Waals surface area (Å²) in [6.07, 6.45) is -4.21. The number of halogens is 4. The summed E-state index contributed by atoms with van der Waals surface area (Å²) in [5.41, 5.74) is 0.634. The second-order valence-electron chi connectivity index (χ2n) is 4.79. The molecular formula is C15H9ClF3NO2. The predicted octanol–water partition coefficient (Wildman–Crippen LogP) is 4.65. The molecule has 0 saturated heterocycles. The van der Waals surface area contributed by atoms with Crippen LogP contribution in [0.2, 0.25) is 5.02 Å². The molecule has 0 spiro atoms. The van der Waals surface area contributed by atoms with Crippen LogP contribution in [0.15, 0.2) is 36.4 Å². The van der Waals surface area contributed by atoms with Gasteiger partial charge in [0.2, 0.25) is 5.91 Å². The molecule has 3 rings (SSSR count). The molecule has 0 fully saturated rings. The van der Waals surface area contributed by atoms with Gasteiger partial charge in [0, 0.05) is 5.69 Å². The van der Waals surface area contributed by atoms with Crippen LogP contribution in [0.1, 0.15) is 11.1 Å². The lowest BCUT2D eigenvalue weighted by molar-refractivity contribution is -0.137. The topological polar surface area (TPSA) is 38.3 Å². The van der Waals surface area contributed by atoms with E-state index in [-0.39, 0.29) is 23.1 Å². The summed E-state index contributed by atoms with van der Waals surface area (Å²) < 4.78 is 43.2. The van der Waals surface area contributed by atoms with Crippen molar-refractivity contribution in [3.8, 4) is 11.5 Å². The molecular weight excluding hydrogens is 319 g/mol. The van der Waals surface area contributed by atoms with Crippen LogP contribution in [-0.4, -0.2) is 5.91 Å². The van der Waals surface area contributed by atoms with Crippen LogP contribution in [0, 0.1) is 0 Å². The van der Waals surface area contributed by atoms with Gasteiger partial charge in [0.15, 0.2) is 0 Å². The summed E-state index contributed by atoms with van der Waals surface area (Å²) in [4.78, 5) is 11.3. The first-order valence-corrected chi connectivity index (χ1v) is 6.68. The average Bonchev–Trinajstić information content (AvgIpc) is 2.79. The van der Waals surface area contributed by atoms with E-state index >= 15 is 0 Å². The standard InChI is InChI=1S/C15H9ClF3NO2/c16-11-7-9(15(17,18)19)1-4-13(11)22-10-2-3-12-8(5-10)6-14(21)20-12/h1-5,7H,6H2,(H,20,21). The fourth-order valence-corrected chi connectivity index (χ4v) is 2.38. The van der Waals surface area contributed by atoms with E-state index < -0.39 is 11.7 Å². The average molecular weight is 328 g/mol. The maximum atomic E-state index is 12.6. The SMILES string of the molecule is O=C1Cc2cc(Oc3ccc(C(F)(F)F)cc3Cl)ccc2N1. The highest BCUT2D eigenvalue weighted by Gasteiger charge is 2.31. The minimum absolute atomic E-state index is 0.111. The Balaban J connectivity index is 1.85. The maximum absolute atomic E-state index is 12.6. The molecule has 1 heterocycles. The number of amides is 1. The molecule has 0 aliphatic carbocycles. The largest absolute Gasteiger partial charge is 0.456 e. The van der Waals surface area contributed by atoms with Gasteiger partial charge in [-0.15, -0.1) is 0 Å². The fourth-order valence-electron chi connectivity index (χ4n) is 2.16. The Labute approximate surface area is 128 Å². The van der Waals surface area contributed by atoms with Crippen LogP contribution < -0.4 is 10.1 Å². The molecule has 3 nitrogen and oxygen atoms in total. The second kappa shape index (κ2) is 5.21. The van der Waals surface area contributed by atoms with Crippen molar-refractivity contribution in [2.24, 2.45) is 0 Å². The summed E-state index contributed by atoms with van der Waals surface area (Å²) in [6, 6.07) is 7.82. The Morgan fingerprint density at radius 1 is 1.14 bits per heavy atom. The Morgan fingerprint density at radius 2 is 1.91 bits per heavy atom. The van der Waals surface area contributed by atoms with Crippen molar-refractivity contribution >= 4 is 23.2 Å². The predicted molar refractivity (Wildman–Crippen MR) is 75.3 cm³/mol. The third-order valence-electron chi connectivity index (χ3n) is 3.19. The summed E-state index contributed by atoms with van der Waals surface area (Å²) in [5.74, 6) is 0.406. The van der Waals surface area contributed by atoms with Gasteiger partial charge in [-0.2, -0.15) is 13.2 Å². The van der Waals surface area contributed by atoms with Crippen molar-refractivity contribution in [1.29, 1.82) is 0 Å². The Kier molecular flexibility index (Phi) is 3.48. The van der Waals surface area contributed by atoms with Crippen molar-refractivity contribution in [2.45, 2.75) is 12.6 Å². The Bertz CT molecular complexity index is 759. The fraction of sp³-hybridized carbons (Fsp3) is 0.133. The van der Waals surface area contributed by atoms with Gasteiger partial charge >= 0.3 is 6.18 Å². The number of hydrogen-bond acceptors (Lipinski definition) is 2. The number of anilines is 1. The number of ether oxygens (including phenoxy) is 1. The molecule has 0 bridgehead atoms. The van der Waals surface area contributed by atoms with Crippen molar-refractivity contribution in [3.63, 3.8) is 0 Å². The smallest absolute Gasteiger partial charge is 0.416 e. The monoisotopic (exact) mass is 327 g/mol. The molecule has 2 aromatic carbocycles. The van der Waals surface area contributed by atoms with Gasteiger partial charge in [-0.25, -0.2) is 0 Å². The highest BCUT2D eigenvalue weighted by atomic mass is 35.5. The number of carbonyl (C=O) groups is 1. The third-order valence-corrected chi connectivity index (χ3v) is 3.48. The zero-order valence-corrected chi connectivity index (χ0v) is 11.8. The second-order valence-corrected chi connectivity index (χ2v) is 5.20. The van der Waals surface area contributed by atoms with Crippen LogP contribution in [0.25, 0.3) is 0 Å². The summed E-state index contributed by atoms with van der Waals surface area (Å²) in [7, 11) is 0. The third kappa shape index (κ3) is 2.87. The van der Waals surface area contributed by atoms with Gasteiger partial charge in [0.05, 0.1) is 17.0 Å². The van der Waals surface area contributed by atoms with E-state index in [1.165, 1.54) is 6.07 Å². The van der Waals surface area contributed by atoms with Gasteiger partial charge in [0.25, 0.3) is 0 Å². The normalized spacial score (nSPS) is 13.7. The van der Waals surface area contributed by atoms with Crippen LogP contribution in [0.3, 0.4) is 0 Å². The zero-order valence-electron chi connectivity index (χ0n) is 11.0. The molecule has 0 unspecified atom stereocenters. The van der Waals surface area contributed by atoms with Crippen molar-refractivity contribution in [1.82, 2.24) is 0 Å². The molecule has 22 heavy (non-hydrogen) atoms. The van der Waals surface area contributed by atoms with Gasteiger partial charge in [-0.3, -0.25) is 4.79 Å². The first kappa shape index (κ1) is 14.7. The number of fused-ring (bicyclic) bond motifs is 1. The summed E-state index contributed by atoms with van der Waals surface area (Å²) in [6.45, 7) is 0.